The second-order valence-corrected chi connectivity index (χ2v) is 5.05. The van der Waals surface area contributed by atoms with Gasteiger partial charge >= 0.3 is 5.97 Å². The molecule has 0 aromatic heterocycles. The Bertz CT molecular complexity index is 639. The molecule has 0 amide bonds. The van der Waals surface area contributed by atoms with Crippen molar-refractivity contribution >= 4 is 23.3 Å². The van der Waals surface area contributed by atoms with Crippen molar-refractivity contribution in [1.82, 2.24) is 0 Å². The Labute approximate surface area is 134 Å². The number of ether oxygens (including phenoxy) is 1. The molecule has 0 spiro atoms. The fourth-order valence-electron chi connectivity index (χ4n) is 1.77. The molecule has 0 aliphatic carbocycles. The zero-order valence-electron chi connectivity index (χ0n) is 12.2. The molecule has 2 aromatic carbocycles. The fourth-order valence-corrected chi connectivity index (χ4v) is 1.90. The summed E-state index contributed by atoms with van der Waals surface area (Å²) in [4.78, 5) is 16.6. The molecule has 22 heavy (non-hydrogen) atoms. The van der Waals surface area contributed by atoms with Gasteiger partial charge in [0.25, 0.3) is 6.79 Å². The van der Waals surface area contributed by atoms with Gasteiger partial charge in [0.2, 0.25) is 0 Å². The Morgan fingerprint density at radius 2 is 1.77 bits per heavy atom. The smallest absolute Gasteiger partial charge is 0.313 e. The van der Waals surface area contributed by atoms with Crippen molar-refractivity contribution in [2.45, 2.75) is 13.3 Å². The first-order valence-electron chi connectivity index (χ1n) is 6.77. The number of carbonyl (C=O) groups excluding carboxylic acids is 1. The zero-order valence-corrected chi connectivity index (χ0v) is 12.9. The van der Waals surface area contributed by atoms with Crippen LogP contribution in [-0.2, 0) is 20.8 Å². The summed E-state index contributed by atoms with van der Waals surface area (Å²) in [5, 5.41) is 4.56. The van der Waals surface area contributed by atoms with Gasteiger partial charge in [0.15, 0.2) is 0 Å². The second kappa shape index (κ2) is 8.20. The number of hydrogen-bond acceptors (Lipinski definition) is 4. The molecule has 0 bridgehead atoms. The van der Waals surface area contributed by atoms with Gasteiger partial charge < -0.3 is 9.57 Å². The quantitative estimate of drug-likeness (QED) is 0.267. The number of hydrogen-bond donors (Lipinski definition) is 0. The summed E-state index contributed by atoms with van der Waals surface area (Å²) in [6.45, 7) is 1.59. The third kappa shape index (κ3) is 5.22. The average Bonchev–Trinajstić information content (AvgIpc) is 2.53. The van der Waals surface area contributed by atoms with Crippen molar-refractivity contribution < 1.29 is 14.4 Å². The summed E-state index contributed by atoms with van der Waals surface area (Å²) in [5.41, 5.74) is 2.46. The van der Waals surface area contributed by atoms with Crippen LogP contribution in [0.1, 0.15) is 18.1 Å². The predicted octanol–water partition coefficient (Wildman–Crippen LogP) is 3.82. The van der Waals surface area contributed by atoms with Gasteiger partial charge in [0, 0.05) is 5.02 Å². The fraction of sp³-hybridized carbons (Fsp3) is 0.176. The van der Waals surface area contributed by atoms with E-state index in [1.807, 2.05) is 42.5 Å². The van der Waals surface area contributed by atoms with Crippen LogP contribution >= 0.6 is 11.6 Å². The number of oxime groups is 1. The molecular weight excluding hydrogens is 302 g/mol. The van der Waals surface area contributed by atoms with E-state index in [-0.39, 0.29) is 19.2 Å². The number of halogens is 1. The first-order valence-corrected chi connectivity index (χ1v) is 7.15. The molecule has 0 N–H and O–H groups in total. The number of esters is 1. The molecule has 2 rings (SSSR count). The highest BCUT2D eigenvalue weighted by molar-refractivity contribution is 6.30. The Kier molecular flexibility index (Phi) is 5.98. The SMILES string of the molecule is CC(=NOCOC(=O)Cc1ccccc1)c1ccc(Cl)cc1. The van der Waals surface area contributed by atoms with Gasteiger partial charge in [0.05, 0.1) is 12.1 Å². The molecule has 0 fully saturated rings. The lowest BCUT2D eigenvalue weighted by atomic mass is 10.1. The van der Waals surface area contributed by atoms with E-state index < -0.39 is 0 Å². The van der Waals surface area contributed by atoms with E-state index in [2.05, 4.69) is 5.16 Å². The number of benzene rings is 2. The zero-order chi connectivity index (χ0) is 15.8. The molecule has 114 valence electrons. The van der Waals surface area contributed by atoms with E-state index in [0.29, 0.717) is 10.7 Å². The maximum atomic E-state index is 11.6. The third-order valence-electron chi connectivity index (χ3n) is 2.93. The van der Waals surface area contributed by atoms with Crippen LogP contribution in [0.25, 0.3) is 0 Å². The van der Waals surface area contributed by atoms with Crippen LogP contribution < -0.4 is 0 Å². The Morgan fingerprint density at radius 1 is 1.09 bits per heavy atom. The maximum Gasteiger partial charge on any atom is 0.313 e. The van der Waals surface area contributed by atoms with E-state index in [1.54, 1.807) is 19.1 Å². The van der Waals surface area contributed by atoms with E-state index in [9.17, 15) is 4.79 Å². The van der Waals surface area contributed by atoms with E-state index in [1.165, 1.54) is 0 Å². The molecule has 2 aromatic rings. The molecule has 0 radical (unpaired) electrons. The minimum atomic E-state index is -0.356. The number of nitrogens with zero attached hydrogens (tertiary/aromatic N) is 1. The maximum absolute atomic E-state index is 11.6. The van der Waals surface area contributed by atoms with Gasteiger partial charge in [-0.2, -0.15) is 0 Å². The molecule has 0 atom stereocenters. The molecule has 0 aliphatic heterocycles. The first-order chi connectivity index (χ1) is 10.6. The highest BCUT2D eigenvalue weighted by Crippen LogP contribution is 2.10. The first kappa shape index (κ1) is 16.0. The molecule has 0 saturated heterocycles. The highest BCUT2D eigenvalue weighted by atomic mass is 35.5. The lowest BCUT2D eigenvalue weighted by Crippen LogP contribution is -2.10. The summed E-state index contributed by atoms with van der Waals surface area (Å²) in [7, 11) is 0. The van der Waals surface area contributed by atoms with Gasteiger partial charge in [-0.25, -0.2) is 0 Å². The van der Waals surface area contributed by atoms with Crippen LogP contribution in [-0.4, -0.2) is 18.5 Å². The van der Waals surface area contributed by atoms with E-state index in [4.69, 9.17) is 21.2 Å². The van der Waals surface area contributed by atoms with Crippen LogP contribution in [0.2, 0.25) is 5.02 Å². The van der Waals surface area contributed by atoms with Crippen LogP contribution in [0.15, 0.2) is 59.8 Å². The monoisotopic (exact) mass is 317 g/mol. The Balaban J connectivity index is 1.75. The molecular formula is C17H16ClNO3. The van der Waals surface area contributed by atoms with Crippen LogP contribution in [0.3, 0.4) is 0 Å². The second-order valence-electron chi connectivity index (χ2n) is 4.61. The molecule has 0 unspecified atom stereocenters. The summed E-state index contributed by atoms with van der Waals surface area (Å²) < 4.78 is 4.96. The lowest BCUT2D eigenvalue weighted by Gasteiger charge is -2.05. The van der Waals surface area contributed by atoms with Crippen LogP contribution in [0, 0.1) is 0 Å². The van der Waals surface area contributed by atoms with Gasteiger partial charge in [-0.1, -0.05) is 59.2 Å². The molecule has 0 heterocycles. The summed E-state index contributed by atoms with van der Waals surface area (Å²) in [6.07, 6.45) is 0.212. The van der Waals surface area contributed by atoms with E-state index in [0.717, 1.165) is 11.1 Å². The van der Waals surface area contributed by atoms with Crippen LogP contribution in [0.5, 0.6) is 0 Å². The van der Waals surface area contributed by atoms with Gasteiger partial charge in [-0.05, 0) is 30.2 Å². The topological polar surface area (TPSA) is 47.9 Å². The largest absolute Gasteiger partial charge is 0.425 e. The van der Waals surface area contributed by atoms with Crippen molar-refractivity contribution in [3.8, 4) is 0 Å². The Morgan fingerprint density at radius 3 is 2.45 bits per heavy atom. The molecule has 4 nitrogen and oxygen atoms in total. The van der Waals surface area contributed by atoms with Crippen LogP contribution in [0.4, 0.5) is 0 Å². The Hall–Kier alpha value is -2.33. The predicted molar refractivity (Wildman–Crippen MR) is 85.9 cm³/mol. The van der Waals surface area contributed by atoms with Crippen molar-refractivity contribution in [2.75, 3.05) is 6.79 Å². The summed E-state index contributed by atoms with van der Waals surface area (Å²) >= 11 is 5.82. The molecule has 0 saturated carbocycles. The average molecular weight is 318 g/mol. The van der Waals surface area contributed by atoms with E-state index >= 15 is 0 Å². The lowest BCUT2D eigenvalue weighted by molar-refractivity contribution is -0.155. The summed E-state index contributed by atoms with van der Waals surface area (Å²) in [5.74, 6) is -0.356. The minimum absolute atomic E-state index is 0.212. The minimum Gasteiger partial charge on any atom is -0.425 e. The normalized spacial score (nSPS) is 11.1. The third-order valence-corrected chi connectivity index (χ3v) is 3.18. The van der Waals surface area contributed by atoms with Gasteiger partial charge in [0.1, 0.15) is 0 Å². The van der Waals surface area contributed by atoms with Crippen molar-refractivity contribution in [3.63, 3.8) is 0 Å². The van der Waals surface area contributed by atoms with Crippen molar-refractivity contribution in [3.05, 3.63) is 70.7 Å². The molecule has 5 heteroatoms. The highest BCUT2D eigenvalue weighted by Gasteiger charge is 2.04. The van der Waals surface area contributed by atoms with Gasteiger partial charge in [-0.3, -0.25) is 4.79 Å². The molecule has 0 aliphatic rings. The number of carbonyl (C=O) groups is 1. The summed E-state index contributed by atoms with van der Waals surface area (Å²) in [6, 6.07) is 16.6. The standard InChI is InChI=1S/C17H16ClNO3/c1-13(15-7-9-16(18)10-8-15)19-22-12-21-17(20)11-14-5-3-2-4-6-14/h2-10H,11-12H2,1H3. The number of rotatable bonds is 6. The van der Waals surface area contributed by atoms with Crippen molar-refractivity contribution in [2.24, 2.45) is 5.16 Å². The van der Waals surface area contributed by atoms with Gasteiger partial charge in [-0.15, -0.1) is 0 Å². The van der Waals surface area contributed by atoms with Crippen molar-refractivity contribution in [1.29, 1.82) is 0 Å².